The van der Waals surface area contributed by atoms with Crippen LogP contribution in [0.2, 0.25) is 0 Å². The molecule has 0 amide bonds. The first-order valence-electron chi connectivity index (χ1n) is 19.3. The molecule has 0 saturated carbocycles. The average molecular weight is 705 g/mol. The van der Waals surface area contributed by atoms with Gasteiger partial charge in [0, 0.05) is 27.8 Å². The third-order valence-electron chi connectivity index (χ3n) is 11.8. The maximum absolute atomic E-state index is 2.46. The van der Waals surface area contributed by atoms with Gasteiger partial charge >= 0.3 is 0 Å². The van der Waals surface area contributed by atoms with Gasteiger partial charge in [-0.15, -0.1) is 0 Å². The quantitative estimate of drug-likeness (QED) is 0.177. The minimum atomic E-state index is -0.0738. The van der Waals surface area contributed by atoms with Crippen molar-refractivity contribution in [1.82, 2.24) is 4.57 Å². The zero-order chi connectivity index (χ0) is 37.0. The Balaban J connectivity index is 1.03. The molecule has 0 aliphatic heterocycles. The molecule has 55 heavy (non-hydrogen) atoms. The van der Waals surface area contributed by atoms with Gasteiger partial charge in [0.25, 0.3) is 0 Å². The topological polar surface area (TPSA) is 8.17 Å². The number of anilines is 3. The van der Waals surface area contributed by atoms with Crippen LogP contribution in [0.15, 0.2) is 170 Å². The van der Waals surface area contributed by atoms with Gasteiger partial charge in [0.2, 0.25) is 0 Å². The number of fused-ring (bicyclic) bond motifs is 10. The lowest BCUT2D eigenvalue weighted by molar-refractivity contribution is 0.596. The summed E-state index contributed by atoms with van der Waals surface area (Å²) in [5, 5.41) is 10.2. The van der Waals surface area contributed by atoms with Crippen LogP contribution in [0.3, 0.4) is 0 Å². The third kappa shape index (κ3) is 4.88. The van der Waals surface area contributed by atoms with Crippen LogP contribution in [0.5, 0.6) is 0 Å². The molecule has 0 bridgehead atoms. The lowest BCUT2D eigenvalue weighted by Crippen LogP contribution is -2.19. The number of aromatic nitrogens is 1. The fraction of sp³-hybridized carbons (Fsp3) is 0.0943. The van der Waals surface area contributed by atoms with Crippen LogP contribution < -0.4 is 4.90 Å². The molecule has 11 rings (SSSR count). The largest absolute Gasteiger partial charge is 0.310 e. The highest BCUT2D eigenvalue weighted by Gasteiger charge is 2.27. The molecular formula is C53H40N2. The molecule has 1 aliphatic rings. The fourth-order valence-corrected chi connectivity index (χ4v) is 9.23. The van der Waals surface area contributed by atoms with Crippen LogP contribution in [-0.4, -0.2) is 4.57 Å². The number of hydrogen-bond acceptors (Lipinski definition) is 1. The highest BCUT2D eigenvalue weighted by atomic mass is 15.1. The number of hydrogen-bond donors (Lipinski definition) is 0. The summed E-state index contributed by atoms with van der Waals surface area (Å²) in [5.41, 5.74) is 15.1. The van der Waals surface area contributed by atoms with Crippen molar-refractivity contribution in [1.29, 1.82) is 0 Å². The minimum absolute atomic E-state index is 0.0738. The van der Waals surface area contributed by atoms with Crippen LogP contribution in [0.1, 0.15) is 31.9 Å². The van der Waals surface area contributed by atoms with Crippen molar-refractivity contribution < 1.29 is 0 Å². The summed E-state index contributed by atoms with van der Waals surface area (Å²) >= 11 is 0. The summed E-state index contributed by atoms with van der Waals surface area (Å²) in [6.45, 7) is 9.15. The van der Waals surface area contributed by atoms with Gasteiger partial charge in [-0.1, -0.05) is 117 Å². The second-order valence-corrected chi connectivity index (χ2v) is 16.3. The predicted molar refractivity (Wildman–Crippen MR) is 236 cm³/mol. The average Bonchev–Trinajstić information content (AvgIpc) is 3.54. The number of para-hydroxylation sites is 2. The molecular weight excluding hydrogens is 665 g/mol. The van der Waals surface area contributed by atoms with E-state index in [1.165, 1.54) is 98.9 Å². The van der Waals surface area contributed by atoms with Gasteiger partial charge in [0.15, 0.2) is 0 Å². The first-order valence-corrected chi connectivity index (χ1v) is 19.3. The monoisotopic (exact) mass is 704 g/mol. The second kappa shape index (κ2) is 11.7. The lowest BCUT2D eigenvalue weighted by Gasteiger charge is -2.33. The maximum Gasteiger partial charge on any atom is 0.0541 e. The highest BCUT2D eigenvalue weighted by Crippen LogP contribution is 2.51. The van der Waals surface area contributed by atoms with Crippen molar-refractivity contribution in [2.75, 3.05) is 4.90 Å². The van der Waals surface area contributed by atoms with Gasteiger partial charge in [-0.25, -0.2) is 0 Å². The Hall–Kier alpha value is -6.64. The normalized spacial score (nSPS) is 12.4. The molecule has 1 aliphatic carbocycles. The molecule has 9 aromatic carbocycles. The Morgan fingerprint density at radius 2 is 0.927 bits per heavy atom. The van der Waals surface area contributed by atoms with E-state index < -0.39 is 0 Å². The predicted octanol–water partition coefficient (Wildman–Crippen LogP) is 15.0. The van der Waals surface area contributed by atoms with Gasteiger partial charge in [-0.05, 0) is 151 Å². The molecule has 0 saturated heterocycles. The van der Waals surface area contributed by atoms with E-state index in [2.05, 4.69) is 207 Å². The van der Waals surface area contributed by atoms with E-state index in [9.17, 15) is 0 Å². The molecule has 0 radical (unpaired) electrons. The van der Waals surface area contributed by atoms with E-state index in [0.29, 0.717) is 0 Å². The number of aryl methyl sites for hydroxylation is 1. The number of rotatable bonds is 4. The Morgan fingerprint density at radius 1 is 0.418 bits per heavy atom. The molecule has 0 N–H and O–H groups in total. The summed E-state index contributed by atoms with van der Waals surface area (Å²) in [6, 6.07) is 63.3. The molecule has 0 fully saturated rings. The van der Waals surface area contributed by atoms with Crippen molar-refractivity contribution in [3.05, 3.63) is 181 Å². The lowest BCUT2D eigenvalue weighted by atomic mass is 9.78. The van der Waals surface area contributed by atoms with Crippen molar-refractivity contribution in [2.24, 2.45) is 0 Å². The Morgan fingerprint density at radius 3 is 1.56 bits per heavy atom. The molecule has 0 atom stereocenters. The molecule has 262 valence electrons. The molecule has 0 unspecified atom stereocenters. The van der Waals surface area contributed by atoms with Crippen molar-refractivity contribution in [3.8, 4) is 27.9 Å². The Kier molecular flexibility index (Phi) is 6.76. The van der Waals surface area contributed by atoms with E-state index in [-0.39, 0.29) is 5.41 Å². The molecule has 1 heterocycles. The molecule has 2 nitrogen and oxygen atoms in total. The van der Waals surface area contributed by atoms with Gasteiger partial charge < -0.3 is 9.47 Å². The standard InChI is InChI=1S/C53H40N2/c1-33-17-22-39(23-18-33)54(51-26-21-34-11-5-6-12-42(34)52(51)53(2,3)4)40-24-19-35-29-45-47(31-37(35)27-40)46-30-36-20-25-41(28-38(36)32-48(45)46)55-49-15-9-7-13-43(49)44-14-8-10-16-50(44)55/h5-32H,1-4H3. The smallest absolute Gasteiger partial charge is 0.0541 e. The summed E-state index contributed by atoms with van der Waals surface area (Å²) < 4.78 is 2.41. The zero-order valence-electron chi connectivity index (χ0n) is 31.6. The fourth-order valence-electron chi connectivity index (χ4n) is 9.23. The summed E-state index contributed by atoms with van der Waals surface area (Å²) in [6.07, 6.45) is 0. The van der Waals surface area contributed by atoms with E-state index in [0.717, 1.165) is 11.4 Å². The Labute approximate surface area is 321 Å². The molecule has 10 aromatic rings. The van der Waals surface area contributed by atoms with Gasteiger partial charge in [-0.3, -0.25) is 0 Å². The van der Waals surface area contributed by atoms with Gasteiger partial charge in [-0.2, -0.15) is 0 Å². The summed E-state index contributed by atoms with van der Waals surface area (Å²) in [7, 11) is 0. The molecule has 0 spiro atoms. The summed E-state index contributed by atoms with van der Waals surface area (Å²) in [5.74, 6) is 0. The van der Waals surface area contributed by atoms with E-state index >= 15 is 0 Å². The molecule has 2 heteroatoms. The van der Waals surface area contributed by atoms with E-state index in [1.54, 1.807) is 0 Å². The minimum Gasteiger partial charge on any atom is -0.310 e. The first-order chi connectivity index (χ1) is 26.8. The van der Waals surface area contributed by atoms with Crippen LogP contribution in [0, 0.1) is 6.92 Å². The van der Waals surface area contributed by atoms with E-state index in [4.69, 9.17) is 0 Å². The SMILES string of the molecule is Cc1ccc(N(c2ccc3cc4c(cc3c2)-c2cc3ccc(-n5c6ccccc6c6ccccc65)cc3cc2-4)c2ccc3ccccc3c2C(C)(C)C)cc1. The van der Waals surface area contributed by atoms with E-state index in [1.807, 2.05) is 0 Å². The van der Waals surface area contributed by atoms with Crippen molar-refractivity contribution >= 4 is 71.2 Å². The van der Waals surface area contributed by atoms with Crippen LogP contribution in [0.4, 0.5) is 17.1 Å². The first kappa shape index (κ1) is 31.8. The van der Waals surface area contributed by atoms with Crippen LogP contribution >= 0.6 is 0 Å². The Bertz CT molecular complexity index is 3140. The summed E-state index contributed by atoms with van der Waals surface area (Å²) in [4.78, 5) is 2.46. The van der Waals surface area contributed by atoms with Gasteiger partial charge in [0.1, 0.15) is 0 Å². The van der Waals surface area contributed by atoms with Crippen molar-refractivity contribution in [3.63, 3.8) is 0 Å². The van der Waals surface area contributed by atoms with Crippen LogP contribution in [0.25, 0.3) is 82.1 Å². The molecule has 1 aromatic heterocycles. The number of benzene rings is 9. The van der Waals surface area contributed by atoms with Crippen LogP contribution in [-0.2, 0) is 5.41 Å². The van der Waals surface area contributed by atoms with Gasteiger partial charge in [0.05, 0.1) is 16.7 Å². The maximum atomic E-state index is 2.46. The number of nitrogens with zero attached hydrogens (tertiary/aromatic N) is 2. The second-order valence-electron chi connectivity index (χ2n) is 16.3. The third-order valence-corrected chi connectivity index (χ3v) is 11.8. The highest BCUT2D eigenvalue weighted by molar-refractivity contribution is 6.13. The zero-order valence-corrected chi connectivity index (χ0v) is 31.6. The van der Waals surface area contributed by atoms with Crippen molar-refractivity contribution in [2.45, 2.75) is 33.1 Å².